The van der Waals surface area contributed by atoms with Crippen LogP contribution in [0.5, 0.6) is 0 Å². The Hall–Kier alpha value is -2.05. The molecule has 2 aliphatic heterocycles. The van der Waals surface area contributed by atoms with Crippen LogP contribution in [0.3, 0.4) is 0 Å². The van der Waals surface area contributed by atoms with Gasteiger partial charge in [0, 0.05) is 48.0 Å². The van der Waals surface area contributed by atoms with E-state index in [2.05, 4.69) is 62.0 Å². The minimum atomic E-state index is 0.136. The van der Waals surface area contributed by atoms with E-state index in [1.54, 1.807) is 6.20 Å². The molecule has 0 bridgehead atoms. The molecule has 2 aromatic rings. The SMILES string of the molecule is C/N=C(\c1ccc(Br)cc1)C1CCN(C2(C)CCN(C(=O)c3c(C)ccnc3C)CC2)CC1. The minimum Gasteiger partial charge on any atom is -0.338 e. The number of carbonyl (C=O) groups excluding carboxylic acids is 1. The first-order valence-corrected chi connectivity index (χ1v) is 12.8. The van der Waals surface area contributed by atoms with Crippen molar-refractivity contribution < 1.29 is 4.79 Å². The number of aliphatic imine (C=N–C) groups is 1. The average Bonchev–Trinajstić information content (AvgIpc) is 2.81. The van der Waals surface area contributed by atoms with Crippen LogP contribution >= 0.6 is 15.9 Å². The van der Waals surface area contributed by atoms with Crippen molar-refractivity contribution in [1.29, 1.82) is 0 Å². The van der Waals surface area contributed by atoms with Gasteiger partial charge in [-0.25, -0.2) is 0 Å². The molecule has 0 atom stereocenters. The van der Waals surface area contributed by atoms with Crippen molar-refractivity contribution in [3.8, 4) is 0 Å². The Morgan fingerprint density at radius 3 is 2.27 bits per heavy atom. The zero-order valence-electron chi connectivity index (χ0n) is 20.3. The molecule has 2 saturated heterocycles. The van der Waals surface area contributed by atoms with E-state index in [9.17, 15) is 4.79 Å². The topological polar surface area (TPSA) is 48.8 Å². The molecule has 176 valence electrons. The molecule has 1 amide bonds. The zero-order valence-corrected chi connectivity index (χ0v) is 21.9. The van der Waals surface area contributed by atoms with Crippen LogP contribution in [0.2, 0.25) is 0 Å². The van der Waals surface area contributed by atoms with Crippen molar-refractivity contribution in [3.05, 3.63) is 63.4 Å². The van der Waals surface area contributed by atoms with E-state index >= 15 is 0 Å². The molecule has 0 radical (unpaired) electrons. The maximum absolute atomic E-state index is 13.2. The summed E-state index contributed by atoms with van der Waals surface area (Å²) in [6.45, 7) is 10.1. The van der Waals surface area contributed by atoms with Crippen molar-refractivity contribution in [1.82, 2.24) is 14.8 Å². The average molecular weight is 512 g/mol. The van der Waals surface area contributed by atoms with Gasteiger partial charge in [-0.15, -0.1) is 0 Å². The second-order valence-electron chi connectivity index (χ2n) is 9.75. The number of piperidine rings is 2. The largest absolute Gasteiger partial charge is 0.338 e. The summed E-state index contributed by atoms with van der Waals surface area (Å²) in [6, 6.07) is 10.5. The lowest BCUT2D eigenvalue weighted by atomic mass is 9.82. The fraction of sp³-hybridized carbons (Fsp3) is 0.519. The molecule has 33 heavy (non-hydrogen) atoms. The van der Waals surface area contributed by atoms with Crippen LogP contribution in [-0.4, -0.2) is 65.2 Å². The van der Waals surface area contributed by atoms with Crippen molar-refractivity contribution in [2.75, 3.05) is 33.2 Å². The minimum absolute atomic E-state index is 0.136. The number of nitrogens with zero attached hydrogens (tertiary/aromatic N) is 4. The molecule has 0 spiro atoms. The first kappa shape index (κ1) is 24.1. The molecule has 1 aromatic heterocycles. The van der Waals surface area contributed by atoms with Crippen LogP contribution in [0.1, 0.15) is 59.8 Å². The highest BCUT2D eigenvalue weighted by molar-refractivity contribution is 9.10. The Balaban J connectivity index is 1.36. The fourth-order valence-electron chi connectivity index (χ4n) is 5.54. The Labute approximate surface area is 206 Å². The quantitative estimate of drug-likeness (QED) is 0.525. The summed E-state index contributed by atoms with van der Waals surface area (Å²) in [5.41, 5.74) is 5.24. The number of carbonyl (C=O) groups is 1. The molecule has 3 heterocycles. The van der Waals surface area contributed by atoms with Gasteiger partial charge in [0.25, 0.3) is 5.91 Å². The third-order valence-electron chi connectivity index (χ3n) is 7.72. The molecule has 2 fully saturated rings. The van der Waals surface area contributed by atoms with Gasteiger partial charge in [-0.05, 0) is 88.9 Å². The van der Waals surface area contributed by atoms with Gasteiger partial charge in [-0.2, -0.15) is 0 Å². The number of benzene rings is 1. The molecule has 4 rings (SSSR count). The van der Waals surface area contributed by atoms with E-state index in [0.717, 1.165) is 73.2 Å². The van der Waals surface area contributed by atoms with E-state index < -0.39 is 0 Å². The molecule has 0 N–H and O–H groups in total. The number of halogens is 1. The predicted octanol–water partition coefficient (Wildman–Crippen LogP) is 5.29. The van der Waals surface area contributed by atoms with Crippen LogP contribution in [0, 0.1) is 19.8 Å². The molecule has 6 heteroatoms. The van der Waals surface area contributed by atoms with Crippen molar-refractivity contribution >= 4 is 27.5 Å². The number of hydrogen-bond donors (Lipinski definition) is 0. The van der Waals surface area contributed by atoms with Gasteiger partial charge in [0.15, 0.2) is 0 Å². The lowest BCUT2D eigenvalue weighted by Crippen LogP contribution is -2.56. The first-order valence-electron chi connectivity index (χ1n) is 12.0. The lowest BCUT2D eigenvalue weighted by Gasteiger charge is -2.49. The number of pyridine rings is 1. The summed E-state index contributed by atoms with van der Waals surface area (Å²) < 4.78 is 1.10. The predicted molar refractivity (Wildman–Crippen MR) is 138 cm³/mol. The lowest BCUT2D eigenvalue weighted by molar-refractivity contribution is 0.0164. The second kappa shape index (κ2) is 10.1. The van der Waals surface area contributed by atoms with Crippen LogP contribution in [0.4, 0.5) is 0 Å². The Bertz CT molecular complexity index is 997. The van der Waals surface area contributed by atoms with Gasteiger partial charge < -0.3 is 4.90 Å². The highest BCUT2D eigenvalue weighted by Crippen LogP contribution is 2.34. The third kappa shape index (κ3) is 5.07. The Morgan fingerprint density at radius 1 is 1.06 bits per heavy atom. The van der Waals surface area contributed by atoms with E-state index in [4.69, 9.17) is 0 Å². The number of rotatable bonds is 4. The van der Waals surface area contributed by atoms with E-state index in [1.165, 1.54) is 11.3 Å². The molecule has 5 nitrogen and oxygen atoms in total. The Kier molecular flexibility index (Phi) is 7.34. The van der Waals surface area contributed by atoms with Gasteiger partial charge in [0.2, 0.25) is 0 Å². The summed E-state index contributed by atoms with van der Waals surface area (Å²) >= 11 is 3.53. The second-order valence-corrected chi connectivity index (χ2v) is 10.7. The zero-order chi connectivity index (χ0) is 23.6. The summed E-state index contributed by atoms with van der Waals surface area (Å²) in [5.74, 6) is 0.645. The molecule has 0 aliphatic carbocycles. The van der Waals surface area contributed by atoms with E-state index in [-0.39, 0.29) is 11.4 Å². The summed E-state index contributed by atoms with van der Waals surface area (Å²) in [6.07, 6.45) is 6.08. The molecular formula is C27H35BrN4O. The summed E-state index contributed by atoms with van der Waals surface area (Å²) in [4.78, 5) is 26.9. The monoisotopic (exact) mass is 510 g/mol. The smallest absolute Gasteiger partial charge is 0.255 e. The van der Waals surface area contributed by atoms with E-state index in [1.807, 2.05) is 31.9 Å². The van der Waals surface area contributed by atoms with Crippen LogP contribution in [0.25, 0.3) is 0 Å². The van der Waals surface area contributed by atoms with Gasteiger partial charge in [0.1, 0.15) is 0 Å². The van der Waals surface area contributed by atoms with Crippen LogP contribution in [0.15, 0.2) is 46.0 Å². The summed E-state index contributed by atoms with van der Waals surface area (Å²) in [7, 11) is 1.92. The van der Waals surface area contributed by atoms with Crippen molar-refractivity contribution in [3.63, 3.8) is 0 Å². The van der Waals surface area contributed by atoms with Crippen LogP contribution < -0.4 is 0 Å². The van der Waals surface area contributed by atoms with Crippen molar-refractivity contribution in [2.24, 2.45) is 10.9 Å². The highest BCUT2D eigenvalue weighted by Gasteiger charge is 2.39. The molecule has 0 saturated carbocycles. The molecule has 2 aliphatic rings. The van der Waals surface area contributed by atoms with Gasteiger partial charge in [-0.3, -0.25) is 19.7 Å². The van der Waals surface area contributed by atoms with E-state index in [0.29, 0.717) is 5.92 Å². The normalized spacial score (nSPS) is 20.2. The standard InChI is InChI=1S/C27H35BrN4O/c1-19-9-14-30-20(2)24(19)26(33)31-17-12-27(3,13-18-31)32-15-10-22(11-16-32)25(29-4)21-5-7-23(28)8-6-21/h5-9,14,22H,10-13,15-18H2,1-4H3/b29-25+. The number of amides is 1. The number of aromatic nitrogens is 1. The maximum Gasteiger partial charge on any atom is 0.255 e. The maximum atomic E-state index is 13.2. The van der Waals surface area contributed by atoms with Gasteiger partial charge in [0.05, 0.1) is 11.3 Å². The number of likely N-dealkylation sites (tertiary alicyclic amines) is 2. The van der Waals surface area contributed by atoms with Gasteiger partial charge in [-0.1, -0.05) is 28.1 Å². The first-order chi connectivity index (χ1) is 15.8. The van der Waals surface area contributed by atoms with Gasteiger partial charge >= 0.3 is 0 Å². The molecule has 0 unspecified atom stereocenters. The van der Waals surface area contributed by atoms with Crippen LogP contribution in [-0.2, 0) is 0 Å². The molecular weight excluding hydrogens is 476 g/mol. The molecule has 1 aromatic carbocycles. The Morgan fingerprint density at radius 2 is 1.70 bits per heavy atom. The van der Waals surface area contributed by atoms with Crippen molar-refractivity contribution in [2.45, 2.75) is 52.0 Å². The highest BCUT2D eigenvalue weighted by atomic mass is 79.9. The third-order valence-corrected chi connectivity index (χ3v) is 8.25. The summed E-state index contributed by atoms with van der Waals surface area (Å²) in [5, 5.41) is 0. The fourth-order valence-corrected chi connectivity index (χ4v) is 5.81. The number of aryl methyl sites for hydroxylation is 2. The number of hydrogen-bond acceptors (Lipinski definition) is 4.